The van der Waals surface area contributed by atoms with Crippen molar-refractivity contribution < 1.29 is 9.50 Å². The standard InChI is InChI=1S/C13H9BrFN3O/c14-11-6-18-10(7-19)13(17-12(18)5-16-11)8-1-3-9(15)4-2-8/h1-6,19H,7H2. The Labute approximate surface area is 116 Å². The maximum atomic E-state index is 13.0. The molecule has 0 saturated carbocycles. The van der Waals surface area contributed by atoms with Crippen molar-refractivity contribution in [3.05, 3.63) is 52.8 Å². The van der Waals surface area contributed by atoms with Gasteiger partial charge in [-0.2, -0.15) is 0 Å². The smallest absolute Gasteiger partial charge is 0.156 e. The highest BCUT2D eigenvalue weighted by molar-refractivity contribution is 9.10. The van der Waals surface area contributed by atoms with Gasteiger partial charge in [-0.3, -0.25) is 4.40 Å². The molecule has 0 amide bonds. The molecular weight excluding hydrogens is 313 g/mol. The molecule has 0 radical (unpaired) electrons. The van der Waals surface area contributed by atoms with Gasteiger partial charge in [-0.1, -0.05) is 0 Å². The fourth-order valence-electron chi connectivity index (χ4n) is 1.97. The van der Waals surface area contributed by atoms with Crippen LogP contribution < -0.4 is 0 Å². The lowest BCUT2D eigenvalue weighted by Gasteiger charge is -2.02. The number of aliphatic hydroxyl groups is 1. The fraction of sp³-hybridized carbons (Fsp3) is 0.0769. The minimum absolute atomic E-state index is 0.162. The fourth-order valence-corrected chi connectivity index (χ4v) is 2.28. The number of rotatable bonds is 2. The Morgan fingerprint density at radius 2 is 2.00 bits per heavy atom. The molecular formula is C13H9BrFN3O. The normalized spacial score (nSPS) is 11.1. The van der Waals surface area contributed by atoms with Crippen LogP contribution in [-0.2, 0) is 6.61 Å². The molecule has 0 aliphatic carbocycles. The maximum Gasteiger partial charge on any atom is 0.156 e. The van der Waals surface area contributed by atoms with E-state index in [0.29, 0.717) is 21.6 Å². The molecule has 3 aromatic rings. The summed E-state index contributed by atoms with van der Waals surface area (Å²) in [5.74, 6) is -0.303. The Hall–Kier alpha value is -1.79. The lowest BCUT2D eigenvalue weighted by Crippen LogP contribution is -1.95. The van der Waals surface area contributed by atoms with Crippen LogP contribution >= 0.6 is 15.9 Å². The molecule has 0 unspecified atom stereocenters. The van der Waals surface area contributed by atoms with Crippen molar-refractivity contribution in [3.63, 3.8) is 0 Å². The summed E-state index contributed by atoms with van der Waals surface area (Å²) in [4.78, 5) is 8.52. The van der Waals surface area contributed by atoms with Crippen LogP contribution in [0, 0.1) is 5.82 Å². The van der Waals surface area contributed by atoms with E-state index < -0.39 is 0 Å². The van der Waals surface area contributed by atoms with Crippen LogP contribution in [0.15, 0.2) is 41.3 Å². The summed E-state index contributed by atoms with van der Waals surface area (Å²) in [5, 5.41) is 9.54. The summed E-state index contributed by atoms with van der Waals surface area (Å²) < 4.78 is 15.4. The maximum absolute atomic E-state index is 13.0. The van der Waals surface area contributed by atoms with Crippen LogP contribution in [0.5, 0.6) is 0 Å². The van der Waals surface area contributed by atoms with Gasteiger partial charge in [0.2, 0.25) is 0 Å². The molecule has 1 aromatic carbocycles. The van der Waals surface area contributed by atoms with E-state index in [1.165, 1.54) is 12.1 Å². The van der Waals surface area contributed by atoms with E-state index in [0.717, 1.165) is 5.56 Å². The Morgan fingerprint density at radius 1 is 1.26 bits per heavy atom. The van der Waals surface area contributed by atoms with Crippen molar-refractivity contribution >= 4 is 21.6 Å². The van der Waals surface area contributed by atoms with Gasteiger partial charge in [-0.15, -0.1) is 0 Å². The van der Waals surface area contributed by atoms with E-state index >= 15 is 0 Å². The molecule has 2 aromatic heterocycles. The van der Waals surface area contributed by atoms with Crippen molar-refractivity contribution in [3.8, 4) is 11.3 Å². The van der Waals surface area contributed by atoms with Crippen molar-refractivity contribution in [1.82, 2.24) is 14.4 Å². The Morgan fingerprint density at radius 3 is 2.68 bits per heavy atom. The molecule has 0 aliphatic rings. The average Bonchev–Trinajstić information content (AvgIpc) is 2.77. The quantitative estimate of drug-likeness (QED) is 0.789. The number of hydrogen-bond acceptors (Lipinski definition) is 3. The third-order valence-electron chi connectivity index (χ3n) is 2.84. The van der Waals surface area contributed by atoms with Gasteiger partial charge in [0.1, 0.15) is 10.4 Å². The van der Waals surface area contributed by atoms with Crippen molar-refractivity contribution in [2.45, 2.75) is 6.61 Å². The highest BCUT2D eigenvalue weighted by Gasteiger charge is 2.13. The SMILES string of the molecule is OCc1c(-c2ccc(F)cc2)nc2cnc(Br)cn12. The number of fused-ring (bicyclic) bond motifs is 1. The first-order chi connectivity index (χ1) is 9.19. The van der Waals surface area contributed by atoms with Crippen molar-refractivity contribution in [2.75, 3.05) is 0 Å². The summed E-state index contributed by atoms with van der Waals surface area (Å²) in [6.07, 6.45) is 3.34. The molecule has 2 heterocycles. The third kappa shape index (κ3) is 2.13. The molecule has 1 N–H and O–H groups in total. The first-order valence-corrected chi connectivity index (χ1v) is 6.37. The average molecular weight is 322 g/mol. The zero-order valence-corrected chi connectivity index (χ0v) is 11.3. The zero-order chi connectivity index (χ0) is 13.4. The van der Waals surface area contributed by atoms with E-state index in [2.05, 4.69) is 25.9 Å². The minimum Gasteiger partial charge on any atom is -0.390 e. The highest BCUT2D eigenvalue weighted by Crippen LogP contribution is 2.25. The van der Waals surface area contributed by atoms with Crippen LogP contribution in [0.1, 0.15) is 5.69 Å². The molecule has 0 saturated heterocycles. The van der Waals surface area contributed by atoms with Crippen LogP contribution in [0.4, 0.5) is 4.39 Å². The number of benzene rings is 1. The first-order valence-electron chi connectivity index (χ1n) is 5.58. The molecule has 96 valence electrons. The van der Waals surface area contributed by atoms with Crippen LogP contribution in [-0.4, -0.2) is 19.5 Å². The van der Waals surface area contributed by atoms with Crippen molar-refractivity contribution in [1.29, 1.82) is 0 Å². The van der Waals surface area contributed by atoms with Gasteiger partial charge in [0.15, 0.2) is 5.65 Å². The molecule has 0 bridgehead atoms. The summed E-state index contributed by atoms with van der Waals surface area (Å²) >= 11 is 3.28. The molecule has 0 spiro atoms. The number of hydrogen-bond donors (Lipinski definition) is 1. The summed E-state index contributed by atoms with van der Waals surface area (Å²) in [5.41, 5.74) is 2.66. The van der Waals surface area contributed by atoms with Crippen LogP contribution in [0.2, 0.25) is 0 Å². The predicted octanol–water partition coefficient (Wildman–Crippen LogP) is 2.79. The van der Waals surface area contributed by atoms with E-state index in [-0.39, 0.29) is 12.4 Å². The van der Waals surface area contributed by atoms with Gasteiger partial charge < -0.3 is 5.11 Å². The van der Waals surface area contributed by atoms with Crippen molar-refractivity contribution in [2.24, 2.45) is 0 Å². The second-order valence-corrected chi connectivity index (χ2v) is 4.82. The number of halogens is 2. The molecule has 0 fully saturated rings. The minimum atomic E-state index is -0.303. The van der Waals surface area contributed by atoms with Gasteiger partial charge in [0.05, 0.1) is 24.2 Å². The third-order valence-corrected chi connectivity index (χ3v) is 3.25. The van der Waals surface area contributed by atoms with E-state index in [4.69, 9.17) is 0 Å². The second kappa shape index (κ2) is 4.71. The molecule has 6 heteroatoms. The summed E-state index contributed by atoms with van der Waals surface area (Å²) in [7, 11) is 0. The number of aliphatic hydroxyl groups excluding tert-OH is 1. The molecule has 19 heavy (non-hydrogen) atoms. The summed E-state index contributed by atoms with van der Waals surface area (Å²) in [6, 6.07) is 6.01. The lowest BCUT2D eigenvalue weighted by molar-refractivity contribution is 0.276. The van der Waals surface area contributed by atoms with Gasteiger partial charge in [0.25, 0.3) is 0 Å². The van der Waals surface area contributed by atoms with Gasteiger partial charge >= 0.3 is 0 Å². The first kappa shape index (κ1) is 12.3. The number of nitrogens with zero attached hydrogens (tertiary/aromatic N) is 3. The van der Waals surface area contributed by atoms with Gasteiger partial charge in [0, 0.05) is 11.8 Å². The Kier molecular flexibility index (Phi) is 3.04. The van der Waals surface area contributed by atoms with Crippen LogP contribution in [0.25, 0.3) is 16.9 Å². The Balaban J connectivity index is 2.25. The monoisotopic (exact) mass is 321 g/mol. The second-order valence-electron chi connectivity index (χ2n) is 4.01. The predicted molar refractivity (Wildman–Crippen MR) is 72.0 cm³/mol. The Bertz CT molecular complexity index is 739. The molecule has 3 rings (SSSR count). The molecule has 0 aliphatic heterocycles. The summed E-state index contributed by atoms with van der Waals surface area (Å²) in [6.45, 7) is -0.162. The molecule has 4 nitrogen and oxygen atoms in total. The zero-order valence-electron chi connectivity index (χ0n) is 9.72. The van der Waals surface area contributed by atoms with E-state index in [1.807, 2.05) is 0 Å². The lowest BCUT2D eigenvalue weighted by atomic mass is 10.1. The molecule has 0 atom stereocenters. The largest absolute Gasteiger partial charge is 0.390 e. The van der Waals surface area contributed by atoms with Gasteiger partial charge in [-0.05, 0) is 40.2 Å². The highest BCUT2D eigenvalue weighted by atomic mass is 79.9. The van der Waals surface area contributed by atoms with Crippen LogP contribution in [0.3, 0.4) is 0 Å². The topological polar surface area (TPSA) is 50.4 Å². The van der Waals surface area contributed by atoms with Gasteiger partial charge in [-0.25, -0.2) is 14.4 Å². The van der Waals surface area contributed by atoms with E-state index in [1.54, 1.807) is 28.9 Å². The van der Waals surface area contributed by atoms with E-state index in [9.17, 15) is 9.50 Å². The number of aromatic nitrogens is 3. The number of imidazole rings is 1.